The first kappa shape index (κ1) is 15.8. The topological polar surface area (TPSA) is 38.3 Å². The van der Waals surface area contributed by atoms with E-state index in [1.807, 2.05) is 66.7 Å². The van der Waals surface area contributed by atoms with E-state index in [4.69, 9.17) is 4.74 Å². The molecule has 0 aliphatic carbocycles. The average molecular weight is 317 g/mol. The molecule has 0 aliphatic rings. The Morgan fingerprint density at radius 3 is 2.54 bits per heavy atom. The van der Waals surface area contributed by atoms with Gasteiger partial charge in [0.15, 0.2) is 0 Å². The molecule has 0 aliphatic heterocycles. The normalized spacial score (nSPS) is 10.9. The molecule has 0 spiro atoms. The van der Waals surface area contributed by atoms with Crippen LogP contribution in [0.2, 0.25) is 0 Å². The minimum absolute atomic E-state index is 0.103. The Morgan fingerprint density at radius 2 is 1.75 bits per heavy atom. The molecule has 0 heterocycles. The lowest BCUT2D eigenvalue weighted by molar-refractivity contribution is -0.116. The van der Waals surface area contributed by atoms with Crippen LogP contribution in [0.4, 0.5) is 0 Å². The first-order valence-electron chi connectivity index (χ1n) is 7.82. The molecule has 0 bridgehead atoms. The van der Waals surface area contributed by atoms with Gasteiger partial charge < -0.3 is 10.1 Å². The first-order valence-corrected chi connectivity index (χ1v) is 7.82. The van der Waals surface area contributed by atoms with Gasteiger partial charge in [0.05, 0.1) is 7.11 Å². The van der Waals surface area contributed by atoms with Crippen molar-refractivity contribution in [1.82, 2.24) is 5.32 Å². The molecule has 0 saturated heterocycles. The van der Waals surface area contributed by atoms with Crippen LogP contribution in [0.3, 0.4) is 0 Å². The third-order valence-electron chi connectivity index (χ3n) is 3.81. The van der Waals surface area contributed by atoms with Gasteiger partial charge >= 0.3 is 0 Å². The Hall–Kier alpha value is -3.07. The van der Waals surface area contributed by atoms with Crippen molar-refractivity contribution in [3.05, 3.63) is 83.9 Å². The van der Waals surface area contributed by atoms with Gasteiger partial charge in [-0.25, -0.2) is 0 Å². The van der Waals surface area contributed by atoms with E-state index in [9.17, 15) is 4.79 Å². The zero-order chi connectivity index (χ0) is 16.8. The van der Waals surface area contributed by atoms with Crippen LogP contribution in [0.5, 0.6) is 5.75 Å². The van der Waals surface area contributed by atoms with E-state index in [2.05, 4.69) is 11.4 Å². The van der Waals surface area contributed by atoms with E-state index in [0.717, 1.165) is 27.6 Å². The largest absolute Gasteiger partial charge is 0.497 e. The molecule has 1 amide bonds. The van der Waals surface area contributed by atoms with Crippen LogP contribution in [0, 0.1) is 0 Å². The van der Waals surface area contributed by atoms with E-state index in [1.165, 1.54) is 0 Å². The molecule has 0 radical (unpaired) electrons. The molecule has 24 heavy (non-hydrogen) atoms. The van der Waals surface area contributed by atoms with E-state index in [1.54, 1.807) is 13.2 Å². The summed E-state index contributed by atoms with van der Waals surface area (Å²) in [5, 5.41) is 5.10. The zero-order valence-electron chi connectivity index (χ0n) is 13.5. The van der Waals surface area contributed by atoms with Gasteiger partial charge in [-0.2, -0.15) is 0 Å². The molecule has 3 rings (SSSR count). The molecule has 1 N–H and O–H groups in total. The number of fused-ring (bicyclic) bond motifs is 1. The lowest BCUT2D eigenvalue weighted by Gasteiger charge is -2.04. The summed E-state index contributed by atoms with van der Waals surface area (Å²) in [6, 6.07) is 21.9. The lowest BCUT2D eigenvalue weighted by atomic mass is 10.1. The predicted octanol–water partition coefficient (Wildman–Crippen LogP) is 4.18. The molecule has 3 nitrogen and oxygen atoms in total. The van der Waals surface area contributed by atoms with E-state index < -0.39 is 0 Å². The van der Waals surface area contributed by atoms with Gasteiger partial charge in [-0.15, -0.1) is 0 Å². The Labute approximate surface area is 141 Å². The Balaban J connectivity index is 1.65. The third-order valence-corrected chi connectivity index (χ3v) is 3.81. The van der Waals surface area contributed by atoms with Crippen molar-refractivity contribution in [3.63, 3.8) is 0 Å². The summed E-state index contributed by atoms with van der Waals surface area (Å²) in [6.45, 7) is 0.529. The summed E-state index contributed by atoms with van der Waals surface area (Å²) in [5.74, 6) is 0.736. The lowest BCUT2D eigenvalue weighted by Crippen LogP contribution is -2.20. The molecule has 3 aromatic carbocycles. The second kappa shape index (κ2) is 7.47. The van der Waals surface area contributed by atoms with Crippen LogP contribution in [-0.2, 0) is 11.3 Å². The monoisotopic (exact) mass is 317 g/mol. The molecule has 0 saturated carbocycles. The number of carbonyl (C=O) groups excluding carboxylic acids is 1. The summed E-state index contributed by atoms with van der Waals surface area (Å²) in [5.41, 5.74) is 2.07. The molecule has 3 aromatic rings. The van der Waals surface area contributed by atoms with E-state index in [0.29, 0.717) is 6.54 Å². The SMILES string of the molecule is COc1ccc2cc(/C=C/C(=O)NCc3ccccc3)ccc2c1. The molecular formula is C21H19NO2. The molecule has 0 aromatic heterocycles. The molecule has 120 valence electrons. The second-order valence-electron chi connectivity index (χ2n) is 5.51. The highest BCUT2D eigenvalue weighted by Gasteiger charge is 1.99. The maximum atomic E-state index is 11.9. The average Bonchev–Trinajstić information content (AvgIpc) is 2.65. The van der Waals surface area contributed by atoms with Crippen molar-refractivity contribution in [2.45, 2.75) is 6.54 Å². The fourth-order valence-corrected chi connectivity index (χ4v) is 2.49. The predicted molar refractivity (Wildman–Crippen MR) is 97.8 cm³/mol. The van der Waals surface area contributed by atoms with Crippen molar-refractivity contribution in [2.75, 3.05) is 7.11 Å². The summed E-state index contributed by atoms with van der Waals surface area (Å²) in [4.78, 5) is 11.9. The Kier molecular flexibility index (Phi) is 4.92. The summed E-state index contributed by atoms with van der Waals surface area (Å²) >= 11 is 0. The van der Waals surface area contributed by atoms with Crippen LogP contribution in [0.1, 0.15) is 11.1 Å². The number of amides is 1. The smallest absolute Gasteiger partial charge is 0.244 e. The summed E-state index contributed by atoms with van der Waals surface area (Å²) in [6.07, 6.45) is 3.39. The Morgan fingerprint density at radius 1 is 1.00 bits per heavy atom. The van der Waals surface area contributed by atoms with Gasteiger partial charge in [0.25, 0.3) is 0 Å². The number of benzene rings is 3. The first-order chi connectivity index (χ1) is 11.7. The minimum atomic E-state index is -0.103. The van der Waals surface area contributed by atoms with Crippen LogP contribution in [0.15, 0.2) is 72.8 Å². The van der Waals surface area contributed by atoms with Gasteiger partial charge in [-0.3, -0.25) is 4.79 Å². The fraction of sp³-hybridized carbons (Fsp3) is 0.0952. The van der Waals surface area contributed by atoms with Gasteiger partial charge in [-0.1, -0.05) is 48.5 Å². The van der Waals surface area contributed by atoms with Crippen molar-refractivity contribution in [3.8, 4) is 5.75 Å². The van der Waals surface area contributed by atoms with Crippen molar-refractivity contribution in [1.29, 1.82) is 0 Å². The van der Waals surface area contributed by atoms with Gasteiger partial charge in [-0.05, 0) is 46.2 Å². The van der Waals surface area contributed by atoms with E-state index in [-0.39, 0.29) is 5.91 Å². The number of hydrogen-bond donors (Lipinski definition) is 1. The fourth-order valence-electron chi connectivity index (χ4n) is 2.49. The highest BCUT2D eigenvalue weighted by atomic mass is 16.5. The standard InChI is InChI=1S/C21H19NO2/c1-24-20-11-10-18-13-16(7-9-19(18)14-20)8-12-21(23)22-15-17-5-3-2-4-6-17/h2-14H,15H2,1H3,(H,22,23)/b12-8+. The van der Waals surface area contributed by atoms with Gasteiger partial charge in [0.1, 0.15) is 5.75 Å². The number of ether oxygens (including phenoxy) is 1. The second-order valence-corrected chi connectivity index (χ2v) is 5.51. The highest BCUT2D eigenvalue weighted by Crippen LogP contribution is 2.22. The number of rotatable bonds is 5. The molecule has 0 atom stereocenters. The maximum absolute atomic E-state index is 11.9. The van der Waals surface area contributed by atoms with Crippen LogP contribution >= 0.6 is 0 Å². The third kappa shape index (κ3) is 4.02. The zero-order valence-corrected chi connectivity index (χ0v) is 13.5. The van der Waals surface area contributed by atoms with Crippen LogP contribution in [-0.4, -0.2) is 13.0 Å². The number of hydrogen-bond acceptors (Lipinski definition) is 2. The van der Waals surface area contributed by atoms with Crippen molar-refractivity contribution in [2.24, 2.45) is 0 Å². The number of methoxy groups -OCH3 is 1. The van der Waals surface area contributed by atoms with Gasteiger partial charge in [0, 0.05) is 12.6 Å². The van der Waals surface area contributed by atoms with Crippen LogP contribution in [0.25, 0.3) is 16.8 Å². The molecule has 0 unspecified atom stereocenters. The molecule has 3 heteroatoms. The maximum Gasteiger partial charge on any atom is 0.244 e. The molecular weight excluding hydrogens is 298 g/mol. The van der Waals surface area contributed by atoms with E-state index >= 15 is 0 Å². The van der Waals surface area contributed by atoms with Gasteiger partial charge in [0.2, 0.25) is 5.91 Å². The van der Waals surface area contributed by atoms with Crippen molar-refractivity contribution < 1.29 is 9.53 Å². The quantitative estimate of drug-likeness (QED) is 0.717. The summed E-state index contributed by atoms with van der Waals surface area (Å²) in [7, 11) is 1.66. The molecule has 0 fully saturated rings. The Bertz CT molecular complexity index is 869. The summed E-state index contributed by atoms with van der Waals surface area (Å²) < 4.78 is 5.23. The highest BCUT2D eigenvalue weighted by molar-refractivity contribution is 5.93. The van der Waals surface area contributed by atoms with Crippen LogP contribution < -0.4 is 10.1 Å². The minimum Gasteiger partial charge on any atom is -0.497 e. The van der Waals surface area contributed by atoms with Crippen molar-refractivity contribution >= 4 is 22.8 Å². The number of nitrogens with one attached hydrogen (secondary N) is 1. The number of carbonyl (C=O) groups is 1.